The molecule has 0 bridgehead atoms. The van der Waals surface area contributed by atoms with Crippen LogP contribution < -0.4 is 11.3 Å². The van der Waals surface area contributed by atoms with Crippen LogP contribution in [0, 0.1) is 5.92 Å². The zero-order chi connectivity index (χ0) is 8.15. The highest BCUT2D eigenvalue weighted by Gasteiger charge is 2.20. The highest BCUT2D eigenvalue weighted by Crippen LogP contribution is 2.05. The summed E-state index contributed by atoms with van der Waals surface area (Å²) in [6, 6.07) is -0.620. The van der Waals surface area contributed by atoms with Gasteiger partial charge in [0.1, 0.15) is 6.04 Å². The number of carbonyl (C=O) groups is 1. The van der Waals surface area contributed by atoms with Crippen molar-refractivity contribution in [2.24, 2.45) is 11.8 Å². The van der Waals surface area contributed by atoms with Crippen molar-refractivity contribution in [3.05, 3.63) is 0 Å². The zero-order valence-electron chi connectivity index (χ0n) is 6.29. The predicted octanol–water partition coefficient (Wildman–Crippen LogP) is -0.0510. The Labute approximate surface area is 60.4 Å². The summed E-state index contributed by atoms with van der Waals surface area (Å²) in [7, 11) is 0. The van der Waals surface area contributed by atoms with E-state index in [2.05, 4.69) is 5.43 Å². The van der Waals surface area contributed by atoms with Crippen LogP contribution in [0.1, 0.15) is 20.3 Å². The quantitative estimate of drug-likeness (QED) is 0.384. The Hall–Kier alpha value is -0.610. The molecule has 0 saturated heterocycles. The highest BCUT2D eigenvalue weighted by molar-refractivity contribution is 5.73. The number of hydrogen-bond acceptors (Lipinski definition) is 3. The van der Waals surface area contributed by atoms with Crippen molar-refractivity contribution in [1.82, 2.24) is 5.43 Å². The van der Waals surface area contributed by atoms with E-state index in [1.54, 1.807) is 0 Å². The molecule has 0 spiro atoms. The molecule has 4 N–H and O–H groups in total. The monoisotopic (exact) mass is 146 g/mol. The number of carboxylic acids is 1. The van der Waals surface area contributed by atoms with E-state index in [4.69, 9.17) is 10.9 Å². The molecule has 0 aliphatic heterocycles. The Balaban J connectivity index is 3.92. The molecular weight excluding hydrogens is 132 g/mol. The van der Waals surface area contributed by atoms with Gasteiger partial charge in [-0.3, -0.25) is 10.6 Å². The Morgan fingerprint density at radius 2 is 2.30 bits per heavy atom. The maximum Gasteiger partial charge on any atom is 0.322 e. The lowest BCUT2D eigenvalue weighted by Crippen LogP contribution is -2.45. The molecule has 4 heteroatoms. The van der Waals surface area contributed by atoms with Gasteiger partial charge in [-0.05, 0) is 5.92 Å². The summed E-state index contributed by atoms with van der Waals surface area (Å²) >= 11 is 0. The highest BCUT2D eigenvalue weighted by atomic mass is 16.4. The average Bonchev–Trinajstić information content (AvgIpc) is 1.88. The molecule has 0 saturated carbocycles. The normalized spacial score (nSPS) is 16.3. The van der Waals surface area contributed by atoms with Gasteiger partial charge in [0.15, 0.2) is 0 Å². The van der Waals surface area contributed by atoms with Crippen LogP contribution in [0.2, 0.25) is 0 Å². The van der Waals surface area contributed by atoms with Gasteiger partial charge in [0, 0.05) is 0 Å². The van der Waals surface area contributed by atoms with Crippen molar-refractivity contribution in [2.45, 2.75) is 26.3 Å². The van der Waals surface area contributed by atoms with E-state index in [1.165, 1.54) is 0 Å². The fourth-order valence-corrected chi connectivity index (χ4v) is 0.715. The predicted molar refractivity (Wildman–Crippen MR) is 38.2 cm³/mol. The van der Waals surface area contributed by atoms with Crippen LogP contribution in [0.5, 0.6) is 0 Å². The molecule has 0 amide bonds. The molecule has 0 unspecified atom stereocenters. The van der Waals surface area contributed by atoms with Crippen molar-refractivity contribution in [1.29, 1.82) is 0 Å². The van der Waals surface area contributed by atoms with Gasteiger partial charge in [-0.15, -0.1) is 0 Å². The number of aliphatic carboxylic acids is 1. The van der Waals surface area contributed by atoms with Crippen molar-refractivity contribution in [3.8, 4) is 0 Å². The van der Waals surface area contributed by atoms with Crippen molar-refractivity contribution in [2.75, 3.05) is 0 Å². The molecule has 0 aliphatic carbocycles. The smallest absolute Gasteiger partial charge is 0.322 e. The first-order valence-corrected chi connectivity index (χ1v) is 3.32. The first-order chi connectivity index (χ1) is 4.63. The zero-order valence-corrected chi connectivity index (χ0v) is 6.29. The van der Waals surface area contributed by atoms with E-state index >= 15 is 0 Å². The second kappa shape index (κ2) is 4.24. The molecule has 0 fully saturated rings. The summed E-state index contributed by atoms with van der Waals surface area (Å²) in [5.41, 5.74) is 2.25. The van der Waals surface area contributed by atoms with Crippen LogP contribution in [0.3, 0.4) is 0 Å². The standard InChI is InChI=1S/C6H14N2O2/c1-3-4(2)5(8-7)6(9)10/h4-5,8H,3,7H2,1-2H3,(H,9,10)/t4-,5-/m0/s1. The summed E-state index contributed by atoms with van der Waals surface area (Å²) in [4.78, 5) is 10.4. The number of carboxylic acid groups (broad SMARTS) is 1. The third kappa shape index (κ3) is 2.33. The lowest BCUT2D eigenvalue weighted by Gasteiger charge is -2.16. The minimum atomic E-state index is -0.892. The molecule has 10 heavy (non-hydrogen) atoms. The topological polar surface area (TPSA) is 75.3 Å². The van der Waals surface area contributed by atoms with Crippen molar-refractivity contribution in [3.63, 3.8) is 0 Å². The molecule has 60 valence electrons. The minimum Gasteiger partial charge on any atom is -0.480 e. The summed E-state index contributed by atoms with van der Waals surface area (Å²) in [5.74, 6) is 4.20. The molecule has 0 radical (unpaired) electrons. The van der Waals surface area contributed by atoms with E-state index in [-0.39, 0.29) is 5.92 Å². The maximum atomic E-state index is 10.4. The van der Waals surface area contributed by atoms with Crippen LogP contribution in [-0.2, 0) is 4.79 Å². The fourth-order valence-electron chi connectivity index (χ4n) is 0.715. The van der Waals surface area contributed by atoms with Crippen molar-refractivity contribution >= 4 is 5.97 Å². The Kier molecular flexibility index (Phi) is 3.99. The van der Waals surface area contributed by atoms with E-state index in [1.807, 2.05) is 13.8 Å². The Morgan fingerprint density at radius 1 is 1.80 bits per heavy atom. The maximum absolute atomic E-state index is 10.4. The van der Waals surface area contributed by atoms with E-state index < -0.39 is 12.0 Å². The first kappa shape index (κ1) is 9.39. The average molecular weight is 146 g/mol. The minimum absolute atomic E-state index is 0.0718. The number of hydrogen-bond donors (Lipinski definition) is 3. The van der Waals surface area contributed by atoms with Crippen LogP contribution in [0.4, 0.5) is 0 Å². The summed E-state index contributed by atoms with van der Waals surface area (Å²) in [5, 5.41) is 8.53. The van der Waals surface area contributed by atoms with E-state index in [0.717, 1.165) is 6.42 Å². The second-order valence-corrected chi connectivity index (χ2v) is 2.37. The fraction of sp³-hybridized carbons (Fsp3) is 0.833. The van der Waals surface area contributed by atoms with Gasteiger partial charge in [0.25, 0.3) is 0 Å². The molecule has 4 nitrogen and oxygen atoms in total. The number of hydrazine groups is 1. The van der Waals surface area contributed by atoms with E-state index in [0.29, 0.717) is 0 Å². The van der Waals surface area contributed by atoms with Crippen molar-refractivity contribution < 1.29 is 9.90 Å². The number of nitrogens with one attached hydrogen (secondary N) is 1. The number of rotatable bonds is 4. The Morgan fingerprint density at radius 3 is 2.40 bits per heavy atom. The first-order valence-electron chi connectivity index (χ1n) is 3.32. The van der Waals surface area contributed by atoms with Crippen LogP contribution in [0.15, 0.2) is 0 Å². The summed E-state index contributed by atoms with van der Waals surface area (Å²) in [6.07, 6.45) is 0.807. The molecule has 2 atom stereocenters. The van der Waals surface area contributed by atoms with Gasteiger partial charge in [-0.25, -0.2) is 5.43 Å². The largest absolute Gasteiger partial charge is 0.480 e. The Bertz CT molecular complexity index is 116. The van der Waals surface area contributed by atoms with Crippen LogP contribution >= 0.6 is 0 Å². The summed E-state index contributed by atoms with van der Waals surface area (Å²) < 4.78 is 0. The lowest BCUT2D eigenvalue weighted by molar-refractivity contribution is -0.140. The molecular formula is C6H14N2O2. The molecule has 0 aromatic heterocycles. The second-order valence-electron chi connectivity index (χ2n) is 2.37. The van der Waals surface area contributed by atoms with Gasteiger partial charge >= 0.3 is 5.97 Å². The molecule has 0 heterocycles. The van der Waals surface area contributed by atoms with Gasteiger partial charge in [-0.1, -0.05) is 20.3 Å². The van der Waals surface area contributed by atoms with Gasteiger partial charge < -0.3 is 5.11 Å². The molecule has 0 rings (SSSR count). The third-order valence-electron chi connectivity index (χ3n) is 1.66. The number of nitrogens with two attached hydrogens (primary N) is 1. The summed E-state index contributed by atoms with van der Waals surface area (Å²) in [6.45, 7) is 3.77. The SMILES string of the molecule is CC[C@H](C)[C@H](NN)C(=O)O. The van der Waals surface area contributed by atoms with Gasteiger partial charge in [-0.2, -0.15) is 0 Å². The molecule has 0 aromatic rings. The van der Waals surface area contributed by atoms with Crippen LogP contribution in [0.25, 0.3) is 0 Å². The lowest BCUT2D eigenvalue weighted by atomic mass is 10.0. The molecule has 0 aromatic carbocycles. The van der Waals surface area contributed by atoms with Crippen LogP contribution in [-0.4, -0.2) is 17.1 Å². The van der Waals surface area contributed by atoms with Gasteiger partial charge in [0.05, 0.1) is 0 Å². The van der Waals surface area contributed by atoms with E-state index in [9.17, 15) is 4.79 Å². The third-order valence-corrected chi connectivity index (χ3v) is 1.66. The van der Waals surface area contributed by atoms with Gasteiger partial charge in [0.2, 0.25) is 0 Å². The molecule has 0 aliphatic rings.